The van der Waals surface area contributed by atoms with Gasteiger partial charge >= 0.3 is 0 Å². The standard InChI is InChI=1S/C24H30N2O5/c27-18-5-7-22-20(15-18)23(9-13-30-22)31-14-11-25-10-1-2-12-29-19-6-3-17-4-8-24(28)26-21(17)16-19/h3,5-7,15-16,23,25,27H,1-2,4,8-14H2,(H,26,28)/t23-/m0/s1. The van der Waals surface area contributed by atoms with Crippen LogP contribution in [0.3, 0.4) is 0 Å². The van der Waals surface area contributed by atoms with Crippen LogP contribution in [-0.2, 0) is 16.0 Å². The number of aryl methyl sites for hydroxylation is 1. The number of fused-ring (bicyclic) bond motifs is 2. The first kappa shape index (κ1) is 21.5. The molecule has 2 heterocycles. The van der Waals surface area contributed by atoms with E-state index in [0.29, 0.717) is 26.2 Å². The number of phenolic OH excluding ortho intramolecular Hbond substituents is 1. The minimum Gasteiger partial charge on any atom is -0.508 e. The van der Waals surface area contributed by atoms with E-state index in [4.69, 9.17) is 14.2 Å². The number of anilines is 1. The van der Waals surface area contributed by atoms with Gasteiger partial charge in [-0.05, 0) is 55.6 Å². The van der Waals surface area contributed by atoms with Gasteiger partial charge in [-0.2, -0.15) is 0 Å². The molecule has 0 aliphatic carbocycles. The number of unbranched alkanes of at least 4 members (excludes halogenated alkanes) is 1. The number of aromatic hydroxyl groups is 1. The largest absolute Gasteiger partial charge is 0.508 e. The van der Waals surface area contributed by atoms with Gasteiger partial charge in [-0.3, -0.25) is 4.79 Å². The average molecular weight is 427 g/mol. The quantitative estimate of drug-likeness (QED) is 0.504. The summed E-state index contributed by atoms with van der Waals surface area (Å²) in [7, 11) is 0. The molecular weight excluding hydrogens is 396 g/mol. The minimum atomic E-state index is -0.0348. The van der Waals surface area contributed by atoms with E-state index in [2.05, 4.69) is 10.6 Å². The lowest BCUT2D eigenvalue weighted by Crippen LogP contribution is -2.24. The maximum atomic E-state index is 11.5. The first-order valence-electron chi connectivity index (χ1n) is 11.0. The molecule has 0 saturated heterocycles. The monoisotopic (exact) mass is 426 g/mol. The smallest absolute Gasteiger partial charge is 0.224 e. The summed E-state index contributed by atoms with van der Waals surface area (Å²) < 4.78 is 17.4. The average Bonchev–Trinajstić information content (AvgIpc) is 2.77. The van der Waals surface area contributed by atoms with Gasteiger partial charge in [0.1, 0.15) is 17.2 Å². The number of carbonyl (C=O) groups excluding carboxylic acids is 1. The molecule has 2 aromatic rings. The number of hydrogen-bond acceptors (Lipinski definition) is 6. The van der Waals surface area contributed by atoms with Gasteiger partial charge in [-0.15, -0.1) is 0 Å². The Bertz CT molecular complexity index is 902. The second-order valence-electron chi connectivity index (χ2n) is 7.89. The van der Waals surface area contributed by atoms with Crippen LogP contribution in [0.25, 0.3) is 0 Å². The van der Waals surface area contributed by atoms with Gasteiger partial charge in [-0.1, -0.05) is 6.07 Å². The van der Waals surface area contributed by atoms with Crippen LogP contribution in [0.15, 0.2) is 36.4 Å². The summed E-state index contributed by atoms with van der Waals surface area (Å²) in [5.74, 6) is 1.89. The zero-order valence-corrected chi connectivity index (χ0v) is 17.7. The molecule has 0 radical (unpaired) electrons. The molecule has 3 N–H and O–H groups in total. The third-order valence-corrected chi connectivity index (χ3v) is 5.57. The van der Waals surface area contributed by atoms with Gasteiger partial charge in [0, 0.05) is 36.7 Å². The van der Waals surface area contributed by atoms with Crippen molar-refractivity contribution >= 4 is 11.6 Å². The van der Waals surface area contributed by atoms with Gasteiger partial charge in [0.2, 0.25) is 5.91 Å². The molecule has 2 aromatic carbocycles. The third kappa shape index (κ3) is 5.89. The van der Waals surface area contributed by atoms with Crippen molar-refractivity contribution in [3.05, 3.63) is 47.5 Å². The molecule has 0 unspecified atom stereocenters. The highest BCUT2D eigenvalue weighted by Gasteiger charge is 2.22. The Balaban J connectivity index is 1.07. The fraction of sp³-hybridized carbons (Fsp3) is 0.458. The molecule has 166 valence electrons. The van der Waals surface area contributed by atoms with Crippen LogP contribution >= 0.6 is 0 Å². The predicted molar refractivity (Wildman–Crippen MR) is 118 cm³/mol. The number of carbonyl (C=O) groups is 1. The van der Waals surface area contributed by atoms with E-state index in [1.165, 1.54) is 5.56 Å². The summed E-state index contributed by atoms with van der Waals surface area (Å²) in [5.41, 5.74) is 2.96. The number of rotatable bonds is 10. The summed E-state index contributed by atoms with van der Waals surface area (Å²) in [6.45, 7) is 3.56. The van der Waals surface area contributed by atoms with Crippen LogP contribution in [0.2, 0.25) is 0 Å². The highest BCUT2D eigenvalue weighted by molar-refractivity contribution is 5.94. The van der Waals surface area contributed by atoms with Crippen LogP contribution in [-0.4, -0.2) is 43.9 Å². The Hall–Kier alpha value is -2.77. The van der Waals surface area contributed by atoms with E-state index < -0.39 is 0 Å². The highest BCUT2D eigenvalue weighted by Crippen LogP contribution is 2.36. The summed E-state index contributed by atoms with van der Waals surface area (Å²) in [6.07, 6.45) is 4.06. The lowest BCUT2D eigenvalue weighted by Gasteiger charge is -2.26. The number of amides is 1. The van der Waals surface area contributed by atoms with Crippen LogP contribution in [0.1, 0.15) is 42.9 Å². The van der Waals surface area contributed by atoms with Crippen molar-refractivity contribution in [2.45, 2.75) is 38.2 Å². The second kappa shape index (κ2) is 10.5. The Morgan fingerprint density at radius 2 is 2.03 bits per heavy atom. The Labute approximate surface area is 182 Å². The lowest BCUT2D eigenvalue weighted by atomic mass is 10.0. The van der Waals surface area contributed by atoms with Crippen molar-refractivity contribution in [1.29, 1.82) is 0 Å². The van der Waals surface area contributed by atoms with Gasteiger partial charge in [-0.25, -0.2) is 0 Å². The molecule has 2 aliphatic heterocycles. The third-order valence-electron chi connectivity index (χ3n) is 5.57. The molecule has 1 atom stereocenters. The van der Waals surface area contributed by atoms with E-state index in [9.17, 15) is 9.90 Å². The van der Waals surface area contributed by atoms with Gasteiger partial charge in [0.05, 0.1) is 25.9 Å². The molecule has 0 fully saturated rings. The number of hydrogen-bond donors (Lipinski definition) is 3. The van der Waals surface area contributed by atoms with Crippen molar-refractivity contribution in [2.75, 3.05) is 38.2 Å². The fourth-order valence-corrected chi connectivity index (χ4v) is 3.90. The number of benzene rings is 2. The highest BCUT2D eigenvalue weighted by atomic mass is 16.5. The number of phenols is 1. The van der Waals surface area contributed by atoms with Crippen molar-refractivity contribution in [3.63, 3.8) is 0 Å². The van der Waals surface area contributed by atoms with Crippen molar-refractivity contribution in [1.82, 2.24) is 5.32 Å². The molecule has 7 heteroatoms. The summed E-state index contributed by atoms with van der Waals surface area (Å²) in [5, 5.41) is 16.0. The van der Waals surface area contributed by atoms with Crippen molar-refractivity contribution in [3.8, 4) is 17.2 Å². The van der Waals surface area contributed by atoms with Crippen LogP contribution in [0.4, 0.5) is 5.69 Å². The van der Waals surface area contributed by atoms with Crippen LogP contribution in [0, 0.1) is 0 Å². The lowest BCUT2D eigenvalue weighted by molar-refractivity contribution is -0.116. The van der Waals surface area contributed by atoms with E-state index in [0.717, 1.165) is 61.5 Å². The second-order valence-corrected chi connectivity index (χ2v) is 7.89. The Morgan fingerprint density at radius 1 is 1.10 bits per heavy atom. The normalized spacial score (nSPS) is 17.3. The molecule has 0 bridgehead atoms. The zero-order valence-electron chi connectivity index (χ0n) is 17.7. The van der Waals surface area contributed by atoms with E-state index in [-0.39, 0.29) is 17.8 Å². The van der Waals surface area contributed by atoms with Gasteiger partial charge in [0.15, 0.2) is 0 Å². The number of nitrogens with one attached hydrogen (secondary N) is 2. The molecule has 31 heavy (non-hydrogen) atoms. The van der Waals surface area contributed by atoms with E-state index in [1.807, 2.05) is 18.2 Å². The summed E-state index contributed by atoms with van der Waals surface area (Å²) >= 11 is 0. The van der Waals surface area contributed by atoms with Crippen LogP contribution < -0.4 is 20.1 Å². The first-order chi connectivity index (χ1) is 15.2. The first-order valence-corrected chi connectivity index (χ1v) is 11.0. The molecule has 1 amide bonds. The maximum Gasteiger partial charge on any atom is 0.224 e. The molecule has 4 rings (SSSR count). The summed E-state index contributed by atoms with van der Waals surface area (Å²) in [6, 6.07) is 11.1. The fourth-order valence-electron chi connectivity index (χ4n) is 3.90. The predicted octanol–water partition coefficient (Wildman–Crippen LogP) is 3.57. The topological polar surface area (TPSA) is 89.1 Å². The Kier molecular flexibility index (Phi) is 7.27. The SMILES string of the molecule is O=C1CCc2ccc(OCCCCNCCO[C@H]3CCOc4ccc(O)cc43)cc2N1. The molecule has 7 nitrogen and oxygen atoms in total. The van der Waals surface area contributed by atoms with Gasteiger partial charge in [0.25, 0.3) is 0 Å². The number of ether oxygens (including phenoxy) is 3. The van der Waals surface area contributed by atoms with E-state index in [1.54, 1.807) is 18.2 Å². The molecule has 0 aromatic heterocycles. The Morgan fingerprint density at radius 3 is 2.97 bits per heavy atom. The summed E-state index contributed by atoms with van der Waals surface area (Å²) in [4.78, 5) is 11.5. The minimum absolute atomic E-state index is 0.0348. The zero-order chi connectivity index (χ0) is 21.5. The molecular formula is C24H30N2O5. The van der Waals surface area contributed by atoms with Gasteiger partial charge < -0.3 is 30.0 Å². The van der Waals surface area contributed by atoms with Crippen LogP contribution in [0.5, 0.6) is 17.2 Å². The van der Waals surface area contributed by atoms with Crippen molar-refractivity contribution < 1.29 is 24.1 Å². The maximum absolute atomic E-state index is 11.5. The molecule has 0 spiro atoms. The molecule has 2 aliphatic rings. The van der Waals surface area contributed by atoms with E-state index >= 15 is 0 Å². The molecule has 0 saturated carbocycles. The van der Waals surface area contributed by atoms with Crippen molar-refractivity contribution in [2.24, 2.45) is 0 Å².